The maximum Gasteiger partial charge on any atom is 0.221 e. The van der Waals surface area contributed by atoms with E-state index in [4.69, 9.17) is 0 Å². The molecule has 0 spiro atoms. The highest BCUT2D eigenvalue weighted by atomic mass is 19.1. The second kappa shape index (κ2) is 4.69. The minimum absolute atomic E-state index is 0.141. The van der Waals surface area contributed by atoms with E-state index in [0.717, 1.165) is 19.4 Å². The van der Waals surface area contributed by atoms with Crippen LogP contribution in [0, 0.1) is 5.82 Å². The van der Waals surface area contributed by atoms with E-state index in [2.05, 4.69) is 10.6 Å². The Labute approximate surface area is 106 Å². The first kappa shape index (κ1) is 11.7. The van der Waals surface area contributed by atoms with Crippen LogP contribution in [-0.4, -0.2) is 24.5 Å². The van der Waals surface area contributed by atoms with Crippen molar-refractivity contribution in [3.63, 3.8) is 0 Å². The Morgan fingerprint density at radius 3 is 2.50 bits per heavy atom. The van der Waals surface area contributed by atoms with Crippen molar-refractivity contribution in [3.05, 3.63) is 35.6 Å². The Hall–Kier alpha value is -1.42. The number of rotatable bonds is 3. The van der Waals surface area contributed by atoms with Crippen molar-refractivity contribution in [1.29, 1.82) is 0 Å². The van der Waals surface area contributed by atoms with Crippen LogP contribution >= 0.6 is 0 Å². The smallest absolute Gasteiger partial charge is 0.221 e. The Kier molecular flexibility index (Phi) is 3.04. The van der Waals surface area contributed by atoms with Crippen LogP contribution < -0.4 is 10.6 Å². The van der Waals surface area contributed by atoms with Gasteiger partial charge in [-0.3, -0.25) is 4.79 Å². The highest BCUT2D eigenvalue weighted by Crippen LogP contribution is 2.37. The van der Waals surface area contributed by atoms with E-state index in [1.54, 1.807) is 0 Å². The lowest BCUT2D eigenvalue weighted by Gasteiger charge is -2.37. The summed E-state index contributed by atoms with van der Waals surface area (Å²) in [4.78, 5) is 11.1. The molecule has 0 aromatic heterocycles. The zero-order chi connectivity index (χ0) is 12.5. The van der Waals surface area contributed by atoms with Gasteiger partial charge in [-0.2, -0.15) is 0 Å². The van der Waals surface area contributed by atoms with Crippen molar-refractivity contribution < 1.29 is 9.18 Å². The topological polar surface area (TPSA) is 41.1 Å². The molecule has 1 aromatic rings. The minimum Gasteiger partial charge on any atom is -0.354 e. The molecule has 3 rings (SSSR count). The Morgan fingerprint density at radius 1 is 1.17 bits per heavy atom. The van der Waals surface area contributed by atoms with Crippen LogP contribution in [-0.2, 0) is 4.79 Å². The second-order valence-electron chi connectivity index (χ2n) is 5.29. The van der Waals surface area contributed by atoms with Crippen molar-refractivity contribution in [2.24, 2.45) is 0 Å². The average molecular weight is 248 g/mol. The zero-order valence-corrected chi connectivity index (χ0v) is 10.2. The first-order valence-corrected chi connectivity index (χ1v) is 6.49. The van der Waals surface area contributed by atoms with Gasteiger partial charge < -0.3 is 10.6 Å². The van der Waals surface area contributed by atoms with E-state index in [9.17, 15) is 9.18 Å². The molecule has 4 heteroatoms. The zero-order valence-electron chi connectivity index (χ0n) is 10.2. The van der Waals surface area contributed by atoms with Gasteiger partial charge in [0.25, 0.3) is 0 Å². The molecule has 1 heterocycles. The number of carbonyl (C=O) groups excluding carboxylic acids is 1. The first-order valence-electron chi connectivity index (χ1n) is 6.49. The summed E-state index contributed by atoms with van der Waals surface area (Å²) in [6.07, 6.45) is 2.75. The van der Waals surface area contributed by atoms with E-state index in [0.29, 0.717) is 18.4 Å². The van der Waals surface area contributed by atoms with Crippen molar-refractivity contribution >= 4 is 5.91 Å². The molecule has 1 aliphatic carbocycles. The number of halogens is 1. The summed E-state index contributed by atoms with van der Waals surface area (Å²) in [5, 5.41) is 6.33. The van der Waals surface area contributed by atoms with Crippen molar-refractivity contribution in [2.45, 2.75) is 37.3 Å². The molecule has 1 saturated heterocycles. The molecule has 1 atom stereocenters. The number of nitrogens with one attached hydrogen (secondary N) is 2. The average Bonchev–Trinajstić information content (AvgIpc) is 2.71. The summed E-state index contributed by atoms with van der Waals surface area (Å²) in [6.45, 7) is 0.747. The molecule has 1 saturated carbocycles. The van der Waals surface area contributed by atoms with E-state index >= 15 is 0 Å². The van der Waals surface area contributed by atoms with Gasteiger partial charge in [-0.05, 0) is 36.5 Å². The van der Waals surface area contributed by atoms with Crippen LogP contribution in [0.5, 0.6) is 0 Å². The summed E-state index contributed by atoms with van der Waals surface area (Å²) < 4.78 is 12.8. The lowest BCUT2D eigenvalue weighted by atomic mass is 9.75. The Morgan fingerprint density at radius 2 is 1.89 bits per heavy atom. The van der Waals surface area contributed by atoms with Crippen LogP contribution in [0.25, 0.3) is 0 Å². The van der Waals surface area contributed by atoms with E-state index < -0.39 is 0 Å². The maximum atomic E-state index is 12.8. The normalized spacial score (nSPS) is 30.9. The molecule has 1 aliphatic heterocycles. The number of hydrogen-bond acceptors (Lipinski definition) is 2. The number of carbonyl (C=O) groups is 1. The molecular weight excluding hydrogens is 231 g/mol. The highest BCUT2D eigenvalue weighted by molar-refractivity contribution is 5.78. The van der Waals surface area contributed by atoms with Gasteiger partial charge in [-0.1, -0.05) is 12.1 Å². The molecule has 96 valence electrons. The Bertz CT molecular complexity index is 440. The van der Waals surface area contributed by atoms with Crippen LogP contribution in [0.1, 0.15) is 30.7 Å². The third kappa shape index (κ3) is 2.38. The second-order valence-corrected chi connectivity index (χ2v) is 5.29. The summed E-state index contributed by atoms with van der Waals surface area (Å²) in [7, 11) is 0. The lowest BCUT2D eigenvalue weighted by Crippen LogP contribution is -2.46. The molecule has 1 unspecified atom stereocenters. The quantitative estimate of drug-likeness (QED) is 0.852. The molecule has 2 fully saturated rings. The number of hydrogen-bond donors (Lipinski definition) is 2. The van der Waals surface area contributed by atoms with Crippen LogP contribution in [0.15, 0.2) is 24.3 Å². The molecule has 0 radical (unpaired) electrons. The molecule has 3 nitrogen and oxygen atoms in total. The van der Waals surface area contributed by atoms with Crippen LogP contribution in [0.3, 0.4) is 0 Å². The lowest BCUT2D eigenvalue weighted by molar-refractivity contribution is -0.119. The molecule has 18 heavy (non-hydrogen) atoms. The minimum atomic E-state index is -0.178. The predicted molar refractivity (Wildman–Crippen MR) is 66.7 cm³/mol. The van der Waals surface area contributed by atoms with E-state index in [-0.39, 0.29) is 17.8 Å². The van der Waals surface area contributed by atoms with Gasteiger partial charge in [-0.15, -0.1) is 0 Å². The standard InChI is InChI=1S/C14H17FN2O/c15-11-3-1-9(2-4-11)10-5-12(6-10)17-13-7-14(18)16-8-13/h1-4,10,12-13,17H,5-8H2,(H,16,18). The molecular formula is C14H17FN2O. The van der Waals surface area contributed by atoms with Gasteiger partial charge in [0.2, 0.25) is 5.91 Å². The fourth-order valence-corrected chi connectivity index (χ4v) is 2.82. The van der Waals surface area contributed by atoms with Gasteiger partial charge >= 0.3 is 0 Å². The third-order valence-corrected chi connectivity index (χ3v) is 3.93. The monoisotopic (exact) mass is 248 g/mol. The van der Waals surface area contributed by atoms with Gasteiger partial charge in [0.05, 0.1) is 0 Å². The highest BCUT2D eigenvalue weighted by Gasteiger charge is 2.33. The van der Waals surface area contributed by atoms with Crippen molar-refractivity contribution in [3.8, 4) is 0 Å². The largest absolute Gasteiger partial charge is 0.354 e. The van der Waals surface area contributed by atoms with Gasteiger partial charge in [0.1, 0.15) is 5.82 Å². The van der Waals surface area contributed by atoms with Gasteiger partial charge in [0, 0.05) is 25.0 Å². The third-order valence-electron chi connectivity index (χ3n) is 3.93. The van der Waals surface area contributed by atoms with Crippen LogP contribution in [0.2, 0.25) is 0 Å². The molecule has 1 amide bonds. The predicted octanol–water partition coefficient (Wildman–Crippen LogP) is 1.55. The molecule has 1 aromatic carbocycles. The molecule has 2 aliphatic rings. The van der Waals surface area contributed by atoms with E-state index in [1.165, 1.54) is 17.7 Å². The van der Waals surface area contributed by atoms with Gasteiger partial charge in [-0.25, -0.2) is 4.39 Å². The van der Waals surface area contributed by atoms with E-state index in [1.807, 2.05) is 12.1 Å². The SMILES string of the molecule is O=C1CC(NC2CC(c3ccc(F)cc3)C2)CN1. The summed E-state index contributed by atoms with van der Waals surface area (Å²) in [6, 6.07) is 7.58. The summed E-state index contributed by atoms with van der Waals surface area (Å²) in [5.74, 6) is 0.498. The molecule has 0 bridgehead atoms. The summed E-state index contributed by atoms with van der Waals surface area (Å²) >= 11 is 0. The van der Waals surface area contributed by atoms with Crippen molar-refractivity contribution in [1.82, 2.24) is 10.6 Å². The van der Waals surface area contributed by atoms with Gasteiger partial charge in [0.15, 0.2) is 0 Å². The van der Waals surface area contributed by atoms with Crippen molar-refractivity contribution in [2.75, 3.05) is 6.54 Å². The first-order chi connectivity index (χ1) is 8.70. The maximum absolute atomic E-state index is 12.8. The Balaban J connectivity index is 1.48. The molecule has 2 N–H and O–H groups in total. The summed E-state index contributed by atoms with van der Waals surface area (Å²) in [5.41, 5.74) is 1.22. The van der Waals surface area contributed by atoms with Crippen LogP contribution in [0.4, 0.5) is 4.39 Å². The number of amides is 1. The number of benzene rings is 1. The fraction of sp³-hybridized carbons (Fsp3) is 0.500. The fourth-order valence-electron chi connectivity index (χ4n) is 2.82.